The standard InChI is InChI=1S/C14H13FN4O3/c15-14(13(21)22)6-7-18(8-14)12(20)11-16-9-19(17-11)10-4-2-1-3-5-10/h1-5,9H,6-8H2,(H,21,22). The predicted octanol–water partition coefficient (Wildman–Crippen LogP) is 0.906. The van der Waals surface area contributed by atoms with E-state index in [4.69, 9.17) is 5.11 Å². The molecule has 1 amide bonds. The first-order chi connectivity index (χ1) is 10.5. The summed E-state index contributed by atoms with van der Waals surface area (Å²) in [6.45, 7) is -0.456. The number of hydrogen-bond donors (Lipinski definition) is 1. The number of hydrogen-bond acceptors (Lipinski definition) is 4. The maximum absolute atomic E-state index is 14.0. The molecular weight excluding hydrogens is 291 g/mol. The Kier molecular flexibility index (Phi) is 3.36. The molecule has 1 unspecified atom stereocenters. The summed E-state index contributed by atoms with van der Waals surface area (Å²) in [6, 6.07) is 9.10. The van der Waals surface area contributed by atoms with Crippen LogP contribution in [0.1, 0.15) is 17.0 Å². The van der Waals surface area contributed by atoms with E-state index in [9.17, 15) is 14.0 Å². The minimum atomic E-state index is -2.39. The number of carbonyl (C=O) groups excluding carboxylic acids is 1. The summed E-state index contributed by atoms with van der Waals surface area (Å²) in [6.07, 6.45) is 1.16. The van der Waals surface area contributed by atoms with Crippen LogP contribution in [0.4, 0.5) is 4.39 Å². The number of para-hydroxylation sites is 1. The van der Waals surface area contributed by atoms with Gasteiger partial charge in [0.05, 0.1) is 12.2 Å². The molecule has 0 saturated carbocycles. The Morgan fingerprint density at radius 3 is 2.64 bits per heavy atom. The molecule has 22 heavy (non-hydrogen) atoms. The molecule has 0 spiro atoms. The molecule has 1 atom stereocenters. The van der Waals surface area contributed by atoms with E-state index in [1.54, 1.807) is 12.1 Å². The van der Waals surface area contributed by atoms with Gasteiger partial charge in [0.1, 0.15) is 6.33 Å². The van der Waals surface area contributed by atoms with Crippen LogP contribution in [0.25, 0.3) is 5.69 Å². The van der Waals surface area contributed by atoms with Crippen molar-refractivity contribution in [1.82, 2.24) is 19.7 Å². The monoisotopic (exact) mass is 304 g/mol. The summed E-state index contributed by atoms with van der Waals surface area (Å²) in [4.78, 5) is 28.1. The first kappa shape index (κ1) is 14.2. The van der Waals surface area contributed by atoms with Crippen LogP contribution in [0.2, 0.25) is 0 Å². The molecule has 8 heteroatoms. The second-order valence-corrected chi connectivity index (χ2v) is 5.10. The van der Waals surface area contributed by atoms with Crippen molar-refractivity contribution in [2.45, 2.75) is 12.1 Å². The lowest BCUT2D eigenvalue weighted by Gasteiger charge is -2.15. The number of halogens is 1. The van der Waals surface area contributed by atoms with Gasteiger partial charge >= 0.3 is 5.97 Å². The fraction of sp³-hybridized carbons (Fsp3) is 0.286. The highest BCUT2D eigenvalue weighted by molar-refractivity contribution is 5.91. The number of carboxylic acid groups (broad SMARTS) is 1. The molecule has 3 rings (SSSR count). The van der Waals surface area contributed by atoms with Gasteiger partial charge in [-0.2, -0.15) is 0 Å². The van der Waals surface area contributed by atoms with E-state index < -0.39 is 24.1 Å². The van der Waals surface area contributed by atoms with Gasteiger partial charge in [0.15, 0.2) is 0 Å². The number of amides is 1. The fourth-order valence-corrected chi connectivity index (χ4v) is 2.33. The molecule has 0 aliphatic carbocycles. The molecule has 1 aromatic carbocycles. The second kappa shape index (κ2) is 5.21. The van der Waals surface area contributed by atoms with Crippen molar-refractivity contribution in [2.24, 2.45) is 0 Å². The van der Waals surface area contributed by atoms with Crippen LogP contribution in [0.5, 0.6) is 0 Å². The third-order valence-electron chi connectivity index (χ3n) is 3.59. The number of benzene rings is 1. The number of rotatable bonds is 3. The molecule has 7 nitrogen and oxygen atoms in total. The Morgan fingerprint density at radius 1 is 1.27 bits per heavy atom. The highest BCUT2D eigenvalue weighted by atomic mass is 19.1. The Labute approximate surface area is 125 Å². The number of likely N-dealkylation sites (tertiary alicyclic amines) is 1. The van der Waals surface area contributed by atoms with E-state index >= 15 is 0 Å². The smallest absolute Gasteiger partial charge is 0.343 e. The highest BCUT2D eigenvalue weighted by Crippen LogP contribution is 2.26. The molecule has 0 radical (unpaired) electrons. The fourth-order valence-electron chi connectivity index (χ4n) is 2.33. The SMILES string of the molecule is O=C(c1ncn(-c2ccccc2)n1)N1CCC(F)(C(=O)O)C1. The molecule has 1 saturated heterocycles. The van der Waals surface area contributed by atoms with Crippen molar-refractivity contribution >= 4 is 11.9 Å². The number of carbonyl (C=O) groups is 2. The van der Waals surface area contributed by atoms with Gasteiger partial charge in [-0.05, 0) is 12.1 Å². The maximum Gasteiger partial charge on any atom is 0.343 e. The van der Waals surface area contributed by atoms with Crippen LogP contribution >= 0.6 is 0 Å². The average Bonchev–Trinajstić information content (AvgIpc) is 3.15. The van der Waals surface area contributed by atoms with Gasteiger partial charge in [0.25, 0.3) is 5.91 Å². The van der Waals surface area contributed by atoms with Crippen molar-refractivity contribution in [1.29, 1.82) is 0 Å². The van der Waals surface area contributed by atoms with Crippen LogP contribution in [-0.2, 0) is 4.79 Å². The zero-order chi connectivity index (χ0) is 15.7. The highest BCUT2D eigenvalue weighted by Gasteiger charge is 2.47. The quantitative estimate of drug-likeness (QED) is 0.910. The van der Waals surface area contributed by atoms with Crippen molar-refractivity contribution in [3.8, 4) is 5.69 Å². The van der Waals surface area contributed by atoms with E-state index in [2.05, 4.69) is 10.1 Å². The Balaban J connectivity index is 1.77. The first-order valence-electron chi connectivity index (χ1n) is 6.68. The second-order valence-electron chi connectivity index (χ2n) is 5.10. The summed E-state index contributed by atoms with van der Waals surface area (Å²) in [7, 11) is 0. The van der Waals surface area contributed by atoms with Crippen molar-refractivity contribution in [3.63, 3.8) is 0 Å². The van der Waals surface area contributed by atoms with Crippen LogP contribution in [0, 0.1) is 0 Å². The van der Waals surface area contributed by atoms with Gasteiger partial charge in [-0.15, -0.1) is 5.10 Å². The van der Waals surface area contributed by atoms with Crippen molar-refractivity contribution in [2.75, 3.05) is 13.1 Å². The summed E-state index contributed by atoms with van der Waals surface area (Å²) >= 11 is 0. The third-order valence-corrected chi connectivity index (χ3v) is 3.59. The van der Waals surface area contributed by atoms with Crippen molar-refractivity contribution < 1.29 is 19.1 Å². The Morgan fingerprint density at radius 2 is 2.00 bits per heavy atom. The molecular formula is C14H13FN4O3. The molecule has 1 aliphatic rings. The van der Waals surface area contributed by atoms with Gasteiger partial charge in [-0.1, -0.05) is 18.2 Å². The number of carboxylic acids is 1. The minimum Gasteiger partial charge on any atom is -0.479 e. The Hall–Kier alpha value is -2.77. The van der Waals surface area contributed by atoms with E-state index in [0.717, 1.165) is 10.6 Å². The average molecular weight is 304 g/mol. The van der Waals surface area contributed by atoms with E-state index in [-0.39, 0.29) is 18.8 Å². The summed E-state index contributed by atoms with van der Waals surface area (Å²) in [5.41, 5.74) is -1.65. The lowest BCUT2D eigenvalue weighted by Crippen LogP contribution is -2.39. The first-order valence-corrected chi connectivity index (χ1v) is 6.68. The molecule has 114 valence electrons. The van der Waals surface area contributed by atoms with Crippen molar-refractivity contribution in [3.05, 3.63) is 42.5 Å². The minimum absolute atomic E-state index is 0.0293. The Bertz CT molecular complexity index is 718. The lowest BCUT2D eigenvalue weighted by atomic mass is 10.1. The van der Waals surface area contributed by atoms with Gasteiger partial charge in [-0.3, -0.25) is 4.79 Å². The van der Waals surface area contributed by atoms with E-state index in [1.165, 1.54) is 11.0 Å². The summed E-state index contributed by atoms with van der Waals surface area (Å²) < 4.78 is 15.4. The van der Waals surface area contributed by atoms with Crippen LogP contribution in [0.15, 0.2) is 36.7 Å². The number of aromatic nitrogens is 3. The molecule has 2 heterocycles. The van der Waals surface area contributed by atoms with Crippen LogP contribution in [-0.4, -0.2) is 55.4 Å². The van der Waals surface area contributed by atoms with Crippen LogP contribution in [0.3, 0.4) is 0 Å². The normalized spacial score (nSPS) is 21.0. The van der Waals surface area contributed by atoms with Crippen LogP contribution < -0.4 is 0 Å². The largest absolute Gasteiger partial charge is 0.479 e. The van der Waals surface area contributed by atoms with E-state index in [0.29, 0.717) is 0 Å². The van der Waals surface area contributed by atoms with Gasteiger partial charge < -0.3 is 10.0 Å². The topological polar surface area (TPSA) is 88.3 Å². The molecule has 1 aromatic heterocycles. The van der Waals surface area contributed by atoms with E-state index in [1.807, 2.05) is 18.2 Å². The predicted molar refractivity (Wildman–Crippen MR) is 73.4 cm³/mol. The molecule has 1 N–H and O–H groups in total. The van der Waals surface area contributed by atoms with Gasteiger partial charge in [-0.25, -0.2) is 18.9 Å². The zero-order valence-electron chi connectivity index (χ0n) is 11.5. The molecule has 2 aromatic rings. The summed E-state index contributed by atoms with van der Waals surface area (Å²) in [5.74, 6) is -2.21. The zero-order valence-corrected chi connectivity index (χ0v) is 11.5. The maximum atomic E-state index is 14.0. The summed E-state index contributed by atoms with van der Waals surface area (Å²) in [5, 5.41) is 12.9. The number of nitrogens with zero attached hydrogens (tertiary/aromatic N) is 4. The number of aliphatic carboxylic acids is 1. The van der Waals surface area contributed by atoms with Gasteiger partial charge in [0.2, 0.25) is 11.5 Å². The number of alkyl halides is 1. The molecule has 1 aliphatic heterocycles. The lowest BCUT2D eigenvalue weighted by molar-refractivity contribution is -0.149. The molecule has 1 fully saturated rings. The van der Waals surface area contributed by atoms with Gasteiger partial charge in [0, 0.05) is 13.0 Å². The molecule has 0 bridgehead atoms. The third kappa shape index (κ3) is 2.43.